The molecule has 0 unspecified atom stereocenters. The number of ether oxygens (including phenoxy) is 4. The average molecular weight is 465 g/mol. The number of benzene rings is 1. The largest absolute Gasteiger partial charge is 0.493 e. The highest BCUT2D eigenvalue weighted by Crippen LogP contribution is 2.40. The Kier molecular flexibility index (Phi) is 7.24. The Morgan fingerprint density at radius 2 is 1.78 bits per heavy atom. The molecule has 0 N–H and O–H groups in total. The Labute approximate surface area is 190 Å². The van der Waals surface area contributed by atoms with Gasteiger partial charge in [0.1, 0.15) is 10.7 Å². The highest BCUT2D eigenvalue weighted by Gasteiger charge is 2.23. The first kappa shape index (κ1) is 23.4. The molecular formula is C21H25ClN4O6. The van der Waals surface area contributed by atoms with Crippen molar-refractivity contribution in [2.24, 2.45) is 5.92 Å². The number of rotatable bonds is 9. The summed E-state index contributed by atoms with van der Waals surface area (Å²) >= 11 is 6.33. The molecule has 3 rings (SSSR count). The van der Waals surface area contributed by atoms with Gasteiger partial charge in [-0.3, -0.25) is 4.68 Å². The molecule has 0 atom stereocenters. The molecule has 172 valence electrons. The zero-order valence-corrected chi connectivity index (χ0v) is 19.5. The second-order valence-electron chi connectivity index (χ2n) is 7.32. The summed E-state index contributed by atoms with van der Waals surface area (Å²) in [5, 5.41) is 12.5. The molecule has 0 aliphatic heterocycles. The molecule has 32 heavy (non-hydrogen) atoms. The van der Waals surface area contributed by atoms with E-state index in [0.29, 0.717) is 41.0 Å². The lowest BCUT2D eigenvalue weighted by Gasteiger charge is -2.12. The lowest BCUT2D eigenvalue weighted by atomic mass is 10.2. The summed E-state index contributed by atoms with van der Waals surface area (Å²) in [5.41, 5.74) is 1.26. The van der Waals surface area contributed by atoms with Crippen molar-refractivity contribution < 1.29 is 28.2 Å². The minimum absolute atomic E-state index is 0.116. The first-order valence-electron chi connectivity index (χ1n) is 9.81. The quantitative estimate of drug-likeness (QED) is 0.434. The molecule has 0 fully saturated rings. The van der Waals surface area contributed by atoms with E-state index in [1.807, 2.05) is 13.8 Å². The van der Waals surface area contributed by atoms with Crippen molar-refractivity contribution in [1.29, 1.82) is 0 Å². The highest BCUT2D eigenvalue weighted by molar-refractivity contribution is 6.32. The monoisotopic (exact) mass is 464 g/mol. The van der Waals surface area contributed by atoms with Crippen LogP contribution in [0.1, 0.15) is 35.8 Å². The van der Waals surface area contributed by atoms with Gasteiger partial charge in [0.05, 0.1) is 27.0 Å². The van der Waals surface area contributed by atoms with Gasteiger partial charge < -0.3 is 23.4 Å². The van der Waals surface area contributed by atoms with Crippen molar-refractivity contribution in [2.75, 3.05) is 21.3 Å². The van der Waals surface area contributed by atoms with E-state index < -0.39 is 5.97 Å². The van der Waals surface area contributed by atoms with E-state index in [9.17, 15) is 4.79 Å². The Hall–Kier alpha value is -3.27. The summed E-state index contributed by atoms with van der Waals surface area (Å²) in [5.74, 6) is 1.35. The van der Waals surface area contributed by atoms with Crippen LogP contribution in [0.15, 0.2) is 16.5 Å². The molecule has 11 heteroatoms. The molecule has 2 aromatic heterocycles. The average Bonchev–Trinajstić information content (AvgIpc) is 3.34. The number of nitrogens with zero attached hydrogens (tertiary/aromatic N) is 4. The van der Waals surface area contributed by atoms with Crippen molar-refractivity contribution in [3.63, 3.8) is 0 Å². The number of hydrogen-bond acceptors (Lipinski definition) is 9. The van der Waals surface area contributed by atoms with Gasteiger partial charge in [-0.25, -0.2) is 4.79 Å². The maximum atomic E-state index is 12.6. The van der Waals surface area contributed by atoms with Crippen molar-refractivity contribution >= 4 is 17.6 Å². The molecule has 0 amide bonds. The fourth-order valence-electron chi connectivity index (χ4n) is 3.08. The van der Waals surface area contributed by atoms with Crippen LogP contribution >= 0.6 is 11.6 Å². The standard InChI is InChI=1S/C21H25ClN4O6/c1-11(2)9-26-19(22)17(12(3)25-26)21(27)31-10-16-23-24-20(32-16)13-7-14(28-4)18(30-6)15(8-13)29-5/h7-8,11H,9-10H2,1-6H3. The number of carbonyl (C=O) groups excluding carboxylic acids is 1. The minimum Gasteiger partial charge on any atom is -0.493 e. The molecule has 2 heterocycles. The summed E-state index contributed by atoms with van der Waals surface area (Å²) in [6.45, 7) is 6.14. The van der Waals surface area contributed by atoms with Crippen molar-refractivity contribution in [3.8, 4) is 28.7 Å². The maximum absolute atomic E-state index is 12.6. The molecule has 3 aromatic rings. The SMILES string of the molecule is COc1cc(-c2nnc(COC(=O)c3c(C)nn(CC(C)C)c3Cl)o2)cc(OC)c1OC. The Bertz CT molecular complexity index is 1080. The first-order chi connectivity index (χ1) is 15.3. The Morgan fingerprint density at radius 3 is 2.34 bits per heavy atom. The van der Waals surface area contributed by atoms with Crippen LogP contribution in [-0.4, -0.2) is 47.3 Å². The van der Waals surface area contributed by atoms with Crippen LogP contribution in [0, 0.1) is 12.8 Å². The van der Waals surface area contributed by atoms with E-state index >= 15 is 0 Å². The third-order valence-electron chi connectivity index (χ3n) is 4.51. The van der Waals surface area contributed by atoms with Gasteiger partial charge in [-0.15, -0.1) is 10.2 Å². The summed E-state index contributed by atoms with van der Waals surface area (Å²) in [4.78, 5) is 12.6. The number of aryl methyl sites for hydroxylation is 1. The van der Waals surface area contributed by atoms with E-state index in [0.717, 1.165) is 0 Å². The Morgan fingerprint density at radius 1 is 1.12 bits per heavy atom. The van der Waals surface area contributed by atoms with Crippen molar-refractivity contribution in [1.82, 2.24) is 20.0 Å². The van der Waals surface area contributed by atoms with Crippen LogP contribution in [0.2, 0.25) is 5.15 Å². The number of esters is 1. The lowest BCUT2D eigenvalue weighted by molar-refractivity contribution is 0.0438. The molecule has 1 aromatic carbocycles. The van der Waals surface area contributed by atoms with Crippen LogP contribution in [0.4, 0.5) is 0 Å². The molecule has 0 aliphatic rings. The van der Waals surface area contributed by atoms with Crippen LogP contribution < -0.4 is 14.2 Å². The molecule has 0 bridgehead atoms. The van der Waals surface area contributed by atoms with E-state index in [1.54, 1.807) is 23.7 Å². The van der Waals surface area contributed by atoms with Gasteiger partial charge in [-0.2, -0.15) is 5.10 Å². The molecule has 0 saturated heterocycles. The van der Waals surface area contributed by atoms with Gasteiger partial charge in [0.15, 0.2) is 18.1 Å². The third kappa shape index (κ3) is 4.80. The van der Waals surface area contributed by atoms with Crippen LogP contribution in [0.5, 0.6) is 17.2 Å². The van der Waals surface area contributed by atoms with E-state index in [2.05, 4.69) is 15.3 Å². The molecule has 10 nitrogen and oxygen atoms in total. The maximum Gasteiger partial charge on any atom is 0.343 e. The molecule has 0 spiro atoms. The van der Waals surface area contributed by atoms with Crippen LogP contribution in [0.25, 0.3) is 11.5 Å². The van der Waals surface area contributed by atoms with Gasteiger partial charge in [0, 0.05) is 12.1 Å². The minimum atomic E-state index is -0.616. The summed E-state index contributed by atoms with van der Waals surface area (Å²) < 4.78 is 28.5. The fraction of sp³-hybridized carbons (Fsp3) is 0.429. The molecular weight excluding hydrogens is 440 g/mol. The van der Waals surface area contributed by atoms with E-state index in [-0.39, 0.29) is 29.1 Å². The highest BCUT2D eigenvalue weighted by atomic mass is 35.5. The number of hydrogen-bond donors (Lipinski definition) is 0. The van der Waals surface area contributed by atoms with Crippen LogP contribution in [-0.2, 0) is 17.9 Å². The zero-order chi connectivity index (χ0) is 23.4. The number of halogens is 1. The van der Waals surface area contributed by atoms with Gasteiger partial charge >= 0.3 is 5.97 Å². The number of aromatic nitrogens is 4. The normalized spacial score (nSPS) is 11.0. The predicted octanol–water partition coefficient (Wildman–Crippen LogP) is 3.93. The van der Waals surface area contributed by atoms with Crippen molar-refractivity contribution in [3.05, 3.63) is 34.4 Å². The molecule has 0 radical (unpaired) electrons. The topological polar surface area (TPSA) is 111 Å². The van der Waals surface area contributed by atoms with E-state index in [4.69, 9.17) is 35.0 Å². The zero-order valence-electron chi connectivity index (χ0n) is 18.8. The van der Waals surface area contributed by atoms with Gasteiger partial charge in [0.25, 0.3) is 5.89 Å². The number of methoxy groups -OCH3 is 3. The molecule has 0 saturated carbocycles. The Balaban J connectivity index is 1.76. The van der Waals surface area contributed by atoms with Gasteiger partial charge in [0.2, 0.25) is 11.6 Å². The number of carbonyl (C=O) groups is 1. The summed E-state index contributed by atoms with van der Waals surface area (Å²) in [7, 11) is 4.53. The predicted molar refractivity (Wildman–Crippen MR) is 115 cm³/mol. The first-order valence-corrected chi connectivity index (χ1v) is 10.2. The smallest absolute Gasteiger partial charge is 0.343 e. The van der Waals surface area contributed by atoms with Gasteiger partial charge in [-0.05, 0) is 25.0 Å². The van der Waals surface area contributed by atoms with Crippen molar-refractivity contribution in [2.45, 2.75) is 33.9 Å². The van der Waals surface area contributed by atoms with E-state index in [1.165, 1.54) is 21.3 Å². The summed E-state index contributed by atoms with van der Waals surface area (Å²) in [6.07, 6.45) is 0. The van der Waals surface area contributed by atoms with Gasteiger partial charge in [-0.1, -0.05) is 25.4 Å². The second kappa shape index (κ2) is 9.90. The second-order valence-corrected chi connectivity index (χ2v) is 7.68. The fourth-order valence-corrected chi connectivity index (χ4v) is 3.41. The lowest BCUT2D eigenvalue weighted by Crippen LogP contribution is -2.08. The summed E-state index contributed by atoms with van der Waals surface area (Å²) in [6, 6.07) is 3.35. The molecule has 0 aliphatic carbocycles. The van der Waals surface area contributed by atoms with Crippen LogP contribution in [0.3, 0.4) is 0 Å². The third-order valence-corrected chi connectivity index (χ3v) is 4.90.